The molecule has 1 heterocycles. The summed E-state index contributed by atoms with van der Waals surface area (Å²) in [4.78, 5) is 0. The lowest BCUT2D eigenvalue weighted by Crippen LogP contribution is -2.19. The van der Waals surface area contributed by atoms with Gasteiger partial charge in [0.1, 0.15) is 0 Å². The zero-order chi connectivity index (χ0) is 14.7. The summed E-state index contributed by atoms with van der Waals surface area (Å²) in [5.41, 5.74) is 5.26. The van der Waals surface area contributed by atoms with Gasteiger partial charge in [0.15, 0.2) is 0 Å². The predicted molar refractivity (Wildman–Crippen MR) is 84.0 cm³/mol. The van der Waals surface area contributed by atoms with Crippen LogP contribution < -0.4 is 5.32 Å². The molecule has 0 aliphatic heterocycles. The van der Waals surface area contributed by atoms with Crippen LogP contribution in [0.4, 0.5) is 0 Å². The van der Waals surface area contributed by atoms with E-state index in [4.69, 9.17) is 0 Å². The highest BCUT2D eigenvalue weighted by atomic mass is 15.3. The Balaban J connectivity index is 2.16. The van der Waals surface area contributed by atoms with Gasteiger partial charge in [-0.25, -0.2) is 0 Å². The molecule has 2 aromatic rings. The van der Waals surface area contributed by atoms with Crippen molar-refractivity contribution < 1.29 is 0 Å². The maximum atomic E-state index is 4.34. The first kappa shape index (κ1) is 14.8. The zero-order valence-electron chi connectivity index (χ0n) is 13.1. The standard InChI is InChI=1S/C17H25N3/c1-12(2)15-8-6-14(7-9-15)10-17(18-4)16-11-19-20(5)13(16)3/h6-9,11-12,17-18H,10H2,1-5H3. The van der Waals surface area contributed by atoms with E-state index in [0.29, 0.717) is 12.0 Å². The Labute approximate surface area is 122 Å². The summed E-state index contributed by atoms with van der Waals surface area (Å²) < 4.78 is 1.93. The molecule has 20 heavy (non-hydrogen) atoms. The summed E-state index contributed by atoms with van der Waals surface area (Å²) in [7, 11) is 4.00. The quantitative estimate of drug-likeness (QED) is 0.903. The molecular weight excluding hydrogens is 246 g/mol. The summed E-state index contributed by atoms with van der Waals surface area (Å²) in [6, 6.07) is 9.27. The second kappa shape index (κ2) is 6.23. The second-order valence-electron chi connectivity index (χ2n) is 5.75. The van der Waals surface area contributed by atoms with Gasteiger partial charge in [0, 0.05) is 24.3 Å². The van der Waals surface area contributed by atoms with Crippen LogP contribution in [0.2, 0.25) is 0 Å². The van der Waals surface area contributed by atoms with Crippen molar-refractivity contribution in [3.05, 3.63) is 52.8 Å². The lowest BCUT2D eigenvalue weighted by atomic mass is 9.96. The van der Waals surface area contributed by atoms with E-state index < -0.39 is 0 Å². The number of likely N-dealkylation sites (N-methyl/N-ethyl adjacent to an activating group) is 1. The largest absolute Gasteiger partial charge is 0.313 e. The normalized spacial score (nSPS) is 12.9. The number of benzene rings is 1. The van der Waals surface area contributed by atoms with Gasteiger partial charge in [-0.1, -0.05) is 38.1 Å². The molecular formula is C17H25N3. The van der Waals surface area contributed by atoms with Crippen LogP contribution in [0.5, 0.6) is 0 Å². The summed E-state index contributed by atoms with van der Waals surface area (Å²) in [5, 5.41) is 7.75. The van der Waals surface area contributed by atoms with Crippen LogP contribution in [-0.4, -0.2) is 16.8 Å². The van der Waals surface area contributed by atoms with Gasteiger partial charge in [-0.2, -0.15) is 5.10 Å². The maximum absolute atomic E-state index is 4.34. The van der Waals surface area contributed by atoms with Crippen molar-refractivity contribution in [2.24, 2.45) is 7.05 Å². The molecule has 3 heteroatoms. The van der Waals surface area contributed by atoms with Gasteiger partial charge in [0.2, 0.25) is 0 Å². The molecule has 108 valence electrons. The summed E-state index contributed by atoms with van der Waals surface area (Å²) >= 11 is 0. The van der Waals surface area contributed by atoms with Crippen molar-refractivity contribution >= 4 is 0 Å². The van der Waals surface area contributed by atoms with Crippen molar-refractivity contribution in [1.29, 1.82) is 0 Å². The van der Waals surface area contributed by atoms with E-state index >= 15 is 0 Å². The highest BCUT2D eigenvalue weighted by Crippen LogP contribution is 2.22. The first-order chi connectivity index (χ1) is 9.52. The third-order valence-electron chi connectivity index (χ3n) is 4.08. The molecule has 0 amide bonds. The summed E-state index contributed by atoms with van der Waals surface area (Å²) in [6.45, 7) is 6.57. The van der Waals surface area contributed by atoms with Crippen LogP contribution >= 0.6 is 0 Å². The molecule has 1 N–H and O–H groups in total. The monoisotopic (exact) mass is 271 g/mol. The van der Waals surface area contributed by atoms with Crippen LogP contribution in [0.15, 0.2) is 30.5 Å². The molecule has 0 spiro atoms. The Morgan fingerprint density at radius 1 is 1.20 bits per heavy atom. The average molecular weight is 271 g/mol. The number of nitrogens with one attached hydrogen (secondary N) is 1. The molecule has 1 unspecified atom stereocenters. The lowest BCUT2D eigenvalue weighted by molar-refractivity contribution is 0.586. The van der Waals surface area contributed by atoms with Gasteiger partial charge >= 0.3 is 0 Å². The number of aryl methyl sites for hydroxylation is 1. The molecule has 0 aliphatic carbocycles. The molecule has 1 aromatic carbocycles. The van der Waals surface area contributed by atoms with Crippen molar-refractivity contribution in [3.63, 3.8) is 0 Å². The number of hydrogen-bond acceptors (Lipinski definition) is 2. The summed E-state index contributed by atoms with van der Waals surface area (Å²) in [6.07, 6.45) is 2.96. The van der Waals surface area contributed by atoms with Gasteiger partial charge < -0.3 is 5.32 Å². The first-order valence-corrected chi connectivity index (χ1v) is 7.27. The molecule has 2 rings (SSSR count). The molecule has 0 radical (unpaired) electrons. The molecule has 1 atom stereocenters. The first-order valence-electron chi connectivity index (χ1n) is 7.27. The second-order valence-corrected chi connectivity index (χ2v) is 5.75. The number of nitrogens with zero attached hydrogens (tertiary/aromatic N) is 2. The van der Waals surface area contributed by atoms with Crippen molar-refractivity contribution in [1.82, 2.24) is 15.1 Å². The number of aromatic nitrogens is 2. The SMILES string of the molecule is CNC(Cc1ccc(C(C)C)cc1)c1cnn(C)c1C. The maximum Gasteiger partial charge on any atom is 0.0540 e. The van der Waals surface area contributed by atoms with Crippen LogP contribution in [0.3, 0.4) is 0 Å². The summed E-state index contributed by atoms with van der Waals surface area (Å²) in [5.74, 6) is 0.588. The van der Waals surface area contributed by atoms with E-state index in [2.05, 4.69) is 55.5 Å². The van der Waals surface area contributed by atoms with Crippen molar-refractivity contribution in [3.8, 4) is 0 Å². The van der Waals surface area contributed by atoms with E-state index in [9.17, 15) is 0 Å². The Kier molecular flexibility index (Phi) is 4.61. The molecule has 1 aromatic heterocycles. The predicted octanol–water partition coefficient (Wildman–Crippen LogP) is 3.36. The van der Waals surface area contributed by atoms with E-state index in [1.165, 1.54) is 22.4 Å². The van der Waals surface area contributed by atoms with Crippen molar-refractivity contribution in [2.75, 3.05) is 7.05 Å². The van der Waals surface area contributed by atoms with Crippen LogP contribution in [0.25, 0.3) is 0 Å². The minimum absolute atomic E-state index is 0.314. The van der Waals surface area contributed by atoms with E-state index in [1.54, 1.807) is 0 Å². The highest BCUT2D eigenvalue weighted by molar-refractivity contribution is 5.28. The Bertz CT molecular complexity index is 552. The van der Waals surface area contributed by atoms with E-state index in [-0.39, 0.29) is 0 Å². The lowest BCUT2D eigenvalue weighted by Gasteiger charge is -2.16. The highest BCUT2D eigenvalue weighted by Gasteiger charge is 2.15. The zero-order valence-corrected chi connectivity index (χ0v) is 13.1. The third-order valence-corrected chi connectivity index (χ3v) is 4.08. The minimum Gasteiger partial charge on any atom is -0.313 e. The van der Waals surface area contributed by atoms with E-state index in [1.807, 2.05) is 25.0 Å². The molecule has 0 aliphatic rings. The van der Waals surface area contributed by atoms with Gasteiger partial charge in [0.25, 0.3) is 0 Å². The van der Waals surface area contributed by atoms with E-state index in [0.717, 1.165) is 6.42 Å². The minimum atomic E-state index is 0.314. The fraction of sp³-hybridized carbons (Fsp3) is 0.471. The van der Waals surface area contributed by atoms with Crippen molar-refractivity contribution in [2.45, 2.75) is 39.2 Å². The smallest absolute Gasteiger partial charge is 0.0540 e. The molecule has 0 bridgehead atoms. The molecule has 0 saturated carbocycles. The van der Waals surface area contributed by atoms with Gasteiger partial charge in [0.05, 0.1) is 6.20 Å². The fourth-order valence-corrected chi connectivity index (χ4v) is 2.50. The third kappa shape index (κ3) is 3.10. The fourth-order valence-electron chi connectivity index (χ4n) is 2.50. The molecule has 0 fully saturated rings. The number of rotatable bonds is 5. The number of hydrogen-bond donors (Lipinski definition) is 1. The van der Waals surface area contributed by atoms with Gasteiger partial charge in [-0.05, 0) is 37.4 Å². The van der Waals surface area contributed by atoms with Crippen LogP contribution in [0, 0.1) is 6.92 Å². The Morgan fingerprint density at radius 3 is 2.30 bits per heavy atom. The van der Waals surface area contributed by atoms with Gasteiger partial charge in [-0.3, -0.25) is 4.68 Å². The van der Waals surface area contributed by atoms with Crippen LogP contribution in [0.1, 0.15) is 48.2 Å². The molecule has 3 nitrogen and oxygen atoms in total. The average Bonchev–Trinajstić information content (AvgIpc) is 2.77. The topological polar surface area (TPSA) is 29.9 Å². The van der Waals surface area contributed by atoms with Gasteiger partial charge in [-0.15, -0.1) is 0 Å². The van der Waals surface area contributed by atoms with Crippen LogP contribution in [-0.2, 0) is 13.5 Å². The Hall–Kier alpha value is -1.61. The molecule has 0 saturated heterocycles. The Morgan fingerprint density at radius 2 is 1.85 bits per heavy atom.